The fourth-order valence-corrected chi connectivity index (χ4v) is 2.47. The van der Waals surface area contributed by atoms with Gasteiger partial charge in [-0.15, -0.1) is 10.2 Å². The van der Waals surface area contributed by atoms with Gasteiger partial charge in [-0.3, -0.25) is 9.20 Å². The third kappa shape index (κ3) is 2.92. The first-order valence-electron chi connectivity index (χ1n) is 7.43. The molecule has 0 aliphatic heterocycles. The van der Waals surface area contributed by atoms with Crippen molar-refractivity contribution in [3.63, 3.8) is 0 Å². The summed E-state index contributed by atoms with van der Waals surface area (Å²) >= 11 is 0. The molecule has 2 heterocycles. The molecule has 1 amide bonds. The summed E-state index contributed by atoms with van der Waals surface area (Å²) in [5, 5.41) is 11.2. The van der Waals surface area contributed by atoms with Crippen molar-refractivity contribution in [2.24, 2.45) is 5.92 Å². The molecule has 6 heteroatoms. The van der Waals surface area contributed by atoms with Crippen molar-refractivity contribution in [2.75, 3.05) is 0 Å². The van der Waals surface area contributed by atoms with Crippen LogP contribution in [-0.4, -0.2) is 20.5 Å². The van der Waals surface area contributed by atoms with Crippen LogP contribution >= 0.6 is 0 Å². The number of halogens is 1. The van der Waals surface area contributed by atoms with Crippen LogP contribution in [0.4, 0.5) is 4.39 Å². The van der Waals surface area contributed by atoms with E-state index in [-0.39, 0.29) is 17.5 Å². The Balaban J connectivity index is 1.94. The Kier molecular flexibility index (Phi) is 4.06. The van der Waals surface area contributed by atoms with Crippen LogP contribution in [0.1, 0.15) is 36.1 Å². The Morgan fingerprint density at radius 3 is 2.61 bits per heavy atom. The van der Waals surface area contributed by atoms with Gasteiger partial charge in [-0.05, 0) is 30.2 Å². The summed E-state index contributed by atoms with van der Waals surface area (Å²) in [5.74, 6) is -0.313. The minimum Gasteiger partial charge on any atom is -0.342 e. The molecule has 3 rings (SSSR count). The molecular formula is C17H17FN4O. The van der Waals surface area contributed by atoms with Crippen molar-refractivity contribution >= 4 is 11.6 Å². The maximum atomic E-state index is 13.8. The maximum absolute atomic E-state index is 13.8. The summed E-state index contributed by atoms with van der Waals surface area (Å²) in [5.41, 5.74) is 0.722. The van der Waals surface area contributed by atoms with E-state index < -0.39 is 11.7 Å². The van der Waals surface area contributed by atoms with Gasteiger partial charge in [0, 0.05) is 6.20 Å². The number of nitrogens with one attached hydrogen (secondary N) is 1. The van der Waals surface area contributed by atoms with Gasteiger partial charge < -0.3 is 5.32 Å². The molecule has 1 aromatic carbocycles. The van der Waals surface area contributed by atoms with Crippen molar-refractivity contribution in [1.29, 1.82) is 0 Å². The third-order valence-corrected chi connectivity index (χ3v) is 3.69. The molecule has 0 radical (unpaired) electrons. The minimum absolute atomic E-state index is 0.0203. The van der Waals surface area contributed by atoms with E-state index >= 15 is 0 Å². The molecule has 0 aliphatic rings. The van der Waals surface area contributed by atoms with E-state index in [9.17, 15) is 9.18 Å². The molecule has 0 saturated carbocycles. The molecule has 0 spiro atoms. The number of carbonyl (C=O) groups is 1. The number of fused-ring (bicyclic) bond motifs is 1. The zero-order valence-corrected chi connectivity index (χ0v) is 12.9. The predicted octanol–water partition coefficient (Wildman–Crippen LogP) is 3.00. The first-order chi connectivity index (χ1) is 11.1. The van der Waals surface area contributed by atoms with Crippen LogP contribution in [0.15, 0.2) is 48.7 Å². The number of hydrogen-bond acceptors (Lipinski definition) is 3. The van der Waals surface area contributed by atoms with E-state index in [2.05, 4.69) is 15.5 Å². The molecule has 5 nitrogen and oxygen atoms in total. The third-order valence-electron chi connectivity index (χ3n) is 3.69. The Hall–Kier alpha value is -2.76. The number of hydrogen-bond donors (Lipinski definition) is 1. The monoisotopic (exact) mass is 312 g/mol. The summed E-state index contributed by atoms with van der Waals surface area (Å²) in [6.45, 7) is 3.94. The average Bonchev–Trinajstić information content (AvgIpc) is 2.96. The number of carbonyl (C=O) groups excluding carboxylic acids is 1. The molecule has 0 unspecified atom stereocenters. The van der Waals surface area contributed by atoms with Gasteiger partial charge >= 0.3 is 0 Å². The highest BCUT2D eigenvalue weighted by atomic mass is 19.1. The lowest BCUT2D eigenvalue weighted by Crippen LogP contribution is -2.33. The van der Waals surface area contributed by atoms with Crippen molar-refractivity contribution < 1.29 is 9.18 Å². The molecular weight excluding hydrogens is 295 g/mol. The second-order valence-corrected chi connectivity index (χ2v) is 5.66. The zero-order chi connectivity index (χ0) is 16.4. The quantitative estimate of drug-likeness (QED) is 0.805. The zero-order valence-electron chi connectivity index (χ0n) is 12.9. The minimum atomic E-state index is -0.543. The van der Waals surface area contributed by atoms with Gasteiger partial charge in [0.2, 0.25) is 0 Å². The Morgan fingerprint density at radius 1 is 1.13 bits per heavy atom. The number of pyridine rings is 1. The molecule has 3 aromatic rings. The van der Waals surface area contributed by atoms with Crippen molar-refractivity contribution in [3.8, 4) is 0 Å². The average molecular weight is 312 g/mol. The summed E-state index contributed by atoms with van der Waals surface area (Å²) in [7, 11) is 0. The van der Waals surface area contributed by atoms with Crippen molar-refractivity contribution in [2.45, 2.75) is 19.9 Å². The van der Waals surface area contributed by atoms with Crippen LogP contribution in [0.3, 0.4) is 0 Å². The first-order valence-corrected chi connectivity index (χ1v) is 7.43. The van der Waals surface area contributed by atoms with E-state index in [0.717, 1.165) is 0 Å². The molecule has 118 valence electrons. The van der Waals surface area contributed by atoms with E-state index in [1.807, 2.05) is 42.6 Å². The van der Waals surface area contributed by atoms with Crippen molar-refractivity contribution in [3.05, 3.63) is 65.9 Å². The second-order valence-electron chi connectivity index (χ2n) is 5.66. The maximum Gasteiger partial charge on any atom is 0.254 e. The molecule has 23 heavy (non-hydrogen) atoms. The topological polar surface area (TPSA) is 59.3 Å². The van der Waals surface area contributed by atoms with Gasteiger partial charge in [0.25, 0.3) is 5.91 Å². The lowest BCUT2D eigenvalue weighted by Gasteiger charge is -2.21. The van der Waals surface area contributed by atoms with Crippen LogP contribution in [0.2, 0.25) is 0 Å². The number of benzene rings is 1. The smallest absolute Gasteiger partial charge is 0.254 e. The van der Waals surface area contributed by atoms with Gasteiger partial charge in [0.05, 0.1) is 11.6 Å². The van der Waals surface area contributed by atoms with Gasteiger partial charge in [0.15, 0.2) is 11.5 Å². The van der Waals surface area contributed by atoms with Gasteiger partial charge in [-0.2, -0.15) is 0 Å². The largest absolute Gasteiger partial charge is 0.342 e. The molecule has 0 bridgehead atoms. The summed E-state index contributed by atoms with van der Waals surface area (Å²) < 4.78 is 15.6. The van der Waals surface area contributed by atoms with Crippen LogP contribution in [0.25, 0.3) is 5.65 Å². The van der Waals surface area contributed by atoms with Crippen molar-refractivity contribution in [1.82, 2.24) is 19.9 Å². The van der Waals surface area contributed by atoms with Crippen LogP contribution in [0.5, 0.6) is 0 Å². The lowest BCUT2D eigenvalue weighted by atomic mass is 10.0. The number of aromatic nitrogens is 3. The first kappa shape index (κ1) is 15.1. The molecule has 0 saturated heterocycles. The molecule has 0 aliphatic carbocycles. The van der Waals surface area contributed by atoms with E-state index in [1.165, 1.54) is 12.1 Å². The number of nitrogens with zero attached hydrogens (tertiary/aromatic N) is 3. The molecule has 0 fully saturated rings. The normalized spacial score (nSPS) is 12.5. The van der Waals surface area contributed by atoms with Gasteiger partial charge in [0.1, 0.15) is 5.82 Å². The molecule has 1 atom stereocenters. The lowest BCUT2D eigenvalue weighted by molar-refractivity contribution is 0.0918. The van der Waals surface area contributed by atoms with Gasteiger partial charge in [-0.25, -0.2) is 4.39 Å². The highest BCUT2D eigenvalue weighted by Gasteiger charge is 2.25. The highest BCUT2D eigenvalue weighted by molar-refractivity contribution is 5.94. The molecule has 1 N–H and O–H groups in total. The fourth-order valence-electron chi connectivity index (χ4n) is 2.47. The summed E-state index contributed by atoms with van der Waals surface area (Å²) in [6.07, 6.45) is 1.84. The van der Waals surface area contributed by atoms with E-state index in [1.54, 1.807) is 12.1 Å². The number of rotatable bonds is 4. The highest BCUT2D eigenvalue weighted by Crippen LogP contribution is 2.21. The van der Waals surface area contributed by atoms with Crippen LogP contribution in [-0.2, 0) is 0 Å². The van der Waals surface area contributed by atoms with Crippen LogP contribution in [0, 0.1) is 11.7 Å². The van der Waals surface area contributed by atoms with Crippen LogP contribution < -0.4 is 5.32 Å². The SMILES string of the molecule is CC(C)[C@@H](NC(=O)c1ccccc1F)c1nnc2ccccn12. The molecule has 2 aromatic heterocycles. The summed E-state index contributed by atoms with van der Waals surface area (Å²) in [4.78, 5) is 12.4. The van der Waals surface area contributed by atoms with E-state index in [4.69, 9.17) is 0 Å². The standard InChI is InChI=1S/C17H17FN4O/c1-11(2)15(16-21-20-14-9-5-6-10-22(14)16)19-17(23)12-7-3-4-8-13(12)18/h3-11,15H,1-2H3,(H,19,23)/t15-/m1/s1. The Morgan fingerprint density at radius 2 is 1.87 bits per heavy atom. The summed E-state index contributed by atoms with van der Waals surface area (Å²) in [6, 6.07) is 11.1. The Bertz CT molecular complexity index is 843. The Labute approximate surface area is 133 Å². The fraction of sp³-hybridized carbons (Fsp3) is 0.235. The van der Waals surface area contributed by atoms with E-state index in [0.29, 0.717) is 11.5 Å². The van der Waals surface area contributed by atoms with Gasteiger partial charge in [-0.1, -0.05) is 32.0 Å². The predicted molar refractivity (Wildman–Crippen MR) is 84.4 cm³/mol. The number of amides is 1. The second kappa shape index (κ2) is 6.16.